The fraction of sp³-hybridized carbons (Fsp3) is 0.273. The number of ketones is 1. The first-order chi connectivity index (χ1) is 15.1. The third-order valence-corrected chi connectivity index (χ3v) is 5.51. The van der Waals surface area contributed by atoms with Gasteiger partial charge in [0.25, 0.3) is 5.91 Å². The zero-order chi connectivity index (χ0) is 23.2. The average Bonchev–Trinajstić information content (AvgIpc) is 3.14. The van der Waals surface area contributed by atoms with E-state index in [1.807, 2.05) is 6.92 Å². The van der Waals surface area contributed by atoms with Gasteiger partial charge in [0.1, 0.15) is 11.5 Å². The molecule has 0 unspecified atom stereocenters. The van der Waals surface area contributed by atoms with Crippen LogP contribution < -0.4 is 10.6 Å². The van der Waals surface area contributed by atoms with Crippen LogP contribution in [0.4, 0.5) is 24.7 Å². The molecule has 0 radical (unpaired) electrons. The van der Waals surface area contributed by atoms with Crippen LogP contribution in [0.1, 0.15) is 50.5 Å². The lowest BCUT2D eigenvalue weighted by Gasteiger charge is -2.32. The molecule has 0 spiro atoms. The van der Waals surface area contributed by atoms with Crippen LogP contribution in [-0.2, 0) is 12.6 Å². The maximum atomic E-state index is 13.3. The lowest BCUT2D eigenvalue weighted by atomic mass is 9.99. The summed E-state index contributed by atoms with van der Waals surface area (Å²) in [4.78, 5) is 31.6. The van der Waals surface area contributed by atoms with Crippen LogP contribution in [0.3, 0.4) is 0 Å². The first kappa shape index (κ1) is 21.5. The number of pyridine rings is 1. The number of Topliss-reactive ketones (excluding diaryl/α,β-unsaturated/α-hetero) is 1. The quantitative estimate of drug-likeness (QED) is 0.619. The number of hydrogen-bond acceptors (Lipinski definition) is 5. The molecular formula is C22H20F3N5O2. The third kappa shape index (κ3) is 3.72. The zero-order valence-electron chi connectivity index (χ0n) is 17.3. The van der Waals surface area contributed by atoms with Crippen molar-refractivity contribution in [3.05, 3.63) is 70.7 Å². The molecule has 0 aliphatic carbocycles. The minimum atomic E-state index is -4.46. The van der Waals surface area contributed by atoms with E-state index in [4.69, 9.17) is 5.73 Å². The van der Waals surface area contributed by atoms with E-state index in [2.05, 4.69) is 10.1 Å². The molecule has 1 amide bonds. The second-order valence-corrected chi connectivity index (χ2v) is 7.76. The second kappa shape index (κ2) is 7.77. The van der Waals surface area contributed by atoms with Gasteiger partial charge >= 0.3 is 6.18 Å². The van der Waals surface area contributed by atoms with E-state index in [-0.39, 0.29) is 36.3 Å². The summed E-state index contributed by atoms with van der Waals surface area (Å²) < 4.78 is 40.2. The smallest absolute Gasteiger partial charge is 0.383 e. The number of aryl methyl sites for hydroxylation is 1. The molecule has 0 saturated heterocycles. The number of carbonyl (C=O) groups excluding carboxylic acids is 2. The van der Waals surface area contributed by atoms with Gasteiger partial charge in [0.2, 0.25) is 0 Å². The molecular weight excluding hydrogens is 423 g/mol. The SMILES string of the molecule is Cc1ccnc(N)c1C(=O)Cc1cnn2c1C(=O)N(c1ccc(C(F)(F)F)cc1)C[C@@H]2C. The molecule has 1 aliphatic heterocycles. The molecule has 0 saturated carbocycles. The molecule has 2 aromatic heterocycles. The Morgan fingerprint density at radius 1 is 1.22 bits per heavy atom. The van der Waals surface area contributed by atoms with Crippen molar-refractivity contribution in [2.24, 2.45) is 0 Å². The highest BCUT2D eigenvalue weighted by atomic mass is 19.4. The van der Waals surface area contributed by atoms with Crippen LogP contribution in [0.2, 0.25) is 0 Å². The number of aromatic nitrogens is 3. The largest absolute Gasteiger partial charge is 0.416 e. The molecule has 3 aromatic rings. The molecule has 166 valence electrons. The van der Waals surface area contributed by atoms with Crippen molar-refractivity contribution >= 4 is 23.2 Å². The number of rotatable bonds is 4. The highest BCUT2D eigenvalue weighted by Gasteiger charge is 2.35. The third-order valence-electron chi connectivity index (χ3n) is 5.51. The number of halogens is 3. The fourth-order valence-electron chi connectivity index (χ4n) is 3.91. The molecule has 0 bridgehead atoms. The van der Waals surface area contributed by atoms with Gasteiger partial charge in [-0.1, -0.05) is 0 Å². The Morgan fingerprint density at radius 3 is 2.53 bits per heavy atom. The molecule has 1 atom stereocenters. The molecule has 32 heavy (non-hydrogen) atoms. The summed E-state index contributed by atoms with van der Waals surface area (Å²) in [5.41, 5.74) is 7.04. The first-order valence-corrected chi connectivity index (χ1v) is 9.87. The number of anilines is 2. The summed E-state index contributed by atoms with van der Waals surface area (Å²) in [6, 6.07) is 5.86. The summed E-state index contributed by atoms with van der Waals surface area (Å²) in [5, 5.41) is 4.28. The topological polar surface area (TPSA) is 94.1 Å². The Bertz CT molecular complexity index is 1180. The van der Waals surface area contributed by atoms with E-state index in [1.165, 1.54) is 29.4 Å². The van der Waals surface area contributed by atoms with Crippen LogP contribution in [-0.4, -0.2) is 33.0 Å². The van der Waals surface area contributed by atoms with Gasteiger partial charge in [-0.25, -0.2) is 4.98 Å². The van der Waals surface area contributed by atoms with Gasteiger partial charge in [0.15, 0.2) is 5.78 Å². The zero-order valence-corrected chi connectivity index (χ0v) is 17.3. The van der Waals surface area contributed by atoms with Gasteiger partial charge in [0.05, 0.1) is 23.4 Å². The normalized spacial score (nSPS) is 16.2. The number of nitrogens with two attached hydrogens (primary N) is 1. The number of nitrogen functional groups attached to an aromatic ring is 1. The predicted molar refractivity (Wildman–Crippen MR) is 111 cm³/mol. The van der Waals surface area contributed by atoms with Crippen LogP contribution in [0.25, 0.3) is 0 Å². The summed E-state index contributed by atoms with van der Waals surface area (Å²) in [7, 11) is 0. The van der Waals surface area contributed by atoms with Crippen molar-refractivity contribution in [1.82, 2.24) is 14.8 Å². The van der Waals surface area contributed by atoms with E-state index in [9.17, 15) is 22.8 Å². The fourth-order valence-corrected chi connectivity index (χ4v) is 3.91. The Kier molecular flexibility index (Phi) is 5.23. The maximum Gasteiger partial charge on any atom is 0.416 e. The Balaban J connectivity index is 1.66. The van der Waals surface area contributed by atoms with E-state index in [0.29, 0.717) is 22.4 Å². The van der Waals surface area contributed by atoms with Crippen molar-refractivity contribution in [2.45, 2.75) is 32.5 Å². The number of fused-ring (bicyclic) bond motifs is 1. The highest BCUT2D eigenvalue weighted by Crippen LogP contribution is 2.33. The van der Waals surface area contributed by atoms with Crippen LogP contribution in [0.5, 0.6) is 0 Å². The number of nitrogens with zero attached hydrogens (tertiary/aromatic N) is 4. The summed E-state index contributed by atoms with van der Waals surface area (Å²) in [6.45, 7) is 3.83. The number of alkyl halides is 3. The van der Waals surface area contributed by atoms with Gasteiger partial charge < -0.3 is 10.6 Å². The number of carbonyl (C=O) groups is 2. The molecule has 0 fully saturated rings. The maximum absolute atomic E-state index is 13.3. The minimum absolute atomic E-state index is 0.106. The lowest BCUT2D eigenvalue weighted by Crippen LogP contribution is -2.43. The van der Waals surface area contributed by atoms with Crippen molar-refractivity contribution in [1.29, 1.82) is 0 Å². The van der Waals surface area contributed by atoms with Gasteiger partial charge in [0, 0.05) is 30.4 Å². The monoisotopic (exact) mass is 443 g/mol. The van der Waals surface area contributed by atoms with E-state index in [1.54, 1.807) is 17.7 Å². The van der Waals surface area contributed by atoms with Crippen molar-refractivity contribution in [2.75, 3.05) is 17.2 Å². The standard InChI is InChI=1S/C22H20F3N5O2/c1-12-7-8-27-20(26)18(12)17(31)9-14-10-28-30-13(2)11-29(21(32)19(14)30)16-5-3-15(4-6-16)22(23,24)25/h3-8,10,13H,9,11H2,1-2H3,(H2,26,27)/t13-/m0/s1. The van der Waals surface area contributed by atoms with E-state index >= 15 is 0 Å². The first-order valence-electron chi connectivity index (χ1n) is 9.87. The molecule has 10 heteroatoms. The lowest BCUT2D eigenvalue weighted by molar-refractivity contribution is -0.137. The molecule has 2 N–H and O–H groups in total. The van der Waals surface area contributed by atoms with Gasteiger partial charge in [-0.15, -0.1) is 0 Å². The minimum Gasteiger partial charge on any atom is -0.383 e. The molecule has 7 nitrogen and oxygen atoms in total. The highest BCUT2D eigenvalue weighted by molar-refractivity contribution is 6.09. The number of amides is 1. The molecule has 3 heterocycles. The number of benzene rings is 1. The van der Waals surface area contributed by atoms with Crippen molar-refractivity contribution in [3.8, 4) is 0 Å². The van der Waals surface area contributed by atoms with Crippen molar-refractivity contribution < 1.29 is 22.8 Å². The van der Waals surface area contributed by atoms with E-state index < -0.39 is 17.6 Å². The van der Waals surface area contributed by atoms with Crippen LogP contribution in [0, 0.1) is 6.92 Å². The van der Waals surface area contributed by atoms with Crippen LogP contribution >= 0.6 is 0 Å². The Morgan fingerprint density at radius 2 is 1.91 bits per heavy atom. The Hall–Kier alpha value is -3.69. The summed E-state index contributed by atoms with van der Waals surface area (Å²) in [6.07, 6.45) is -1.59. The van der Waals surface area contributed by atoms with Gasteiger partial charge in [-0.2, -0.15) is 18.3 Å². The average molecular weight is 443 g/mol. The molecule has 1 aliphatic rings. The van der Waals surface area contributed by atoms with Crippen LogP contribution in [0.15, 0.2) is 42.7 Å². The molecule has 1 aromatic carbocycles. The Labute approximate surface area is 181 Å². The van der Waals surface area contributed by atoms with Crippen molar-refractivity contribution in [3.63, 3.8) is 0 Å². The van der Waals surface area contributed by atoms with Gasteiger partial charge in [-0.3, -0.25) is 14.3 Å². The molecule has 4 rings (SSSR count). The predicted octanol–water partition coefficient (Wildman–Crippen LogP) is 3.83. The van der Waals surface area contributed by atoms with E-state index in [0.717, 1.165) is 12.1 Å². The second-order valence-electron chi connectivity index (χ2n) is 7.76. The number of hydrogen-bond donors (Lipinski definition) is 1. The summed E-state index contributed by atoms with van der Waals surface area (Å²) in [5.74, 6) is -0.614. The summed E-state index contributed by atoms with van der Waals surface area (Å²) >= 11 is 0. The van der Waals surface area contributed by atoms with Gasteiger partial charge in [-0.05, 0) is 49.7 Å².